The third-order valence-electron chi connectivity index (χ3n) is 2.79. The molecule has 0 heterocycles. The van der Waals surface area contributed by atoms with Gasteiger partial charge < -0.3 is 0 Å². The van der Waals surface area contributed by atoms with Crippen molar-refractivity contribution in [3.05, 3.63) is 33.4 Å². The molecule has 2 rings (SSSR count). The van der Waals surface area contributed by atoms with Gasteiger partial charge in [-0.2, -0.15) is 0 Å². The lowest BCUT2D eigenvalue weighted by atomic mass is 10.0. The maximum Gasteiger partial charge on any atom is 0.0130 e. The van der Waals surface area contributed by atoms with E-state index in [1.165, 1.54) is 15.6 Å². The van der Waals surface area contributed by atoms with Crippen molar-refractivity contribution in [3.8, 4) is 0 Å². The van der Waals surface area contributed by atoms with E-state index in [2.05, 4.69) is 60.7 Å². The van der Waals surface area contributed by atoms with E-state index in [0.29, 0.717) is 5.41 Å². The highest BCUT2D eigenvalue weighted by atomic mass is 127. The van der Waals surface area contributed by atoms with E-state index in [0.717, 1.165) is 5.92 Å². The monoisotopic (exact) mass is 272 g/mol. The predicted octanol–water partition coefficient (Wildman–Crippen LogP) is 3.80. The second-order valence-corrected chi connectivity index (χ2v) is 5.54. The molecule has 0 nitrogen and oxygen atoms in total. The van der Waals surface area contributed by atoms with Gasteiger partial charge >= 0.3 is 0 Å². The van der Waals surface area contributed by atoms with E-state index in [-0.39, 0.29) is 0 Å². The molecule has 0 bridgehead atoms. The Bertz CT molecular complexity index is 284. The van der Waals surface area contributed by atoms with Gasteiger partial charge in [0.1, 0.15) is 0 Å². The molecular formula is C11H13I. The fourth-order valence-electron chi connectivity index (χ4n) is 1.73. The lowest BCUT2D eigenvalue weighted by Gasteiger charge is -2.02. The molecule has 1 atom stereocenters. The summed E-state index contributed by atoms with van der Waals surface area (Å²) in [5.41, 5.74) is 2.08. The second-order valence-electron chi connectivity index (χ2n) is 4.30. The largest absolute Gasteiger partial charge is 0.0593 e. The van der Waals surface area contributed by atoms with Crippen molar-refractivity contribution < 1.29 is 0 Å². The topological polar surface area (TPSA) is 0 Å². The molecule has 12 heavy (non-hydrogen) atoms. The summed E-state index contributed by atoms with van der Waals surface area (Å²) in [6.07, 6.45) is 1.35. The zero-order valence-corrected chi connectivity index (χ0v) is 9.63. The van der Waals surface area contributed by atoms with Crippen LogP contribution in [0.1, 0.15) is 31.7 Å². The quantitative estimate of drug-likeness (QED) is 0.682. The third kappa shape index (κ3) is 1.51. The van der Waals surface area contributed by atoms with Gasteiger partial charge in [-0.05, 0) is 58.0 Å². The van der Waals surface area contributed by atoms with Gasteiger partial charge in [0.05, 0.1) is 0 Å². The van der Waals surface area contributed by atoms with Crippen molar-refractivity contribution in [3.63, 3.8) is 0 Å². The van der Waals surface area contributed by atoms with E-state index in [4.69, 9.17) is 0 Å². The summed E-state index contributed by atoms with van der Waals surface area (Å²) < 4.78 is 1.33. The van der Waals surface area contributed by atoms with Crippen LogP contribution >= 0.6 is 22.6 Å². The number of hydrogen-bond donors (Lipinski definition) is 0. The van der Waals surface area contributed by atoms with Crippen LogP contribution in [0.2, 0.25) is 0 Å². The van der Waals surface area contributed by atoms with Crippen LogP contribution < -0.4 is 0 Å². The maximum atomic E-state index is 2.35. The van der Waals surface area contributed by atoms with Crippen LogP contribution in [0, 0.1) is 8.99 Å². The first-order valence-electron chi connectivity index (χ1n) is 4.35. The lowest BCUT2D eigenvalue weighted by molar-refractivity contribution is 0.621. The second kappa shape index (κ2) is 2.72. The molecule has 0 aromatic heterocycles. The summed E-state index contributed by atoms with van der Waals surface area (Å²) >= 11 is 2.35. The Hall–Kier alpha value is -0.0500. The van der Waals surface area contributed by atoms with Gasteiger partial charge in [-0.3, -0.25) is 0 Å². The SMILES string of the molecule is CC1(C)CC1c1ccc(I)cc1. The molecule has 0 N–H and O–H groups in total. The van der Waals surface area contributed by atoms with Crippen molar-refractivity contribution in [1.29, 1.82) is 0 Å². The molecule has 1 heteroatoms. The minimum Gasteiger partial charge on any atom is -0.0593 e. The van der Waals surface area contributed by atoms with Crippen molar-refractivity contribution in [2.45, 2.75) is 26.2 Å². The molecule has 0 saturated heterocycles. The van der Waals surface area contributed by atoms with Gasteiger partial charge in [-0.15, -0.1) is 0 Å². The Labute approximate surface area is 87.5 Å². The molecule has 1 aromatic carbocycles. The van der Waals surface area contributed by atoms with Gasteiger partial charge in [0.2, 0.25) is 0 Å². The van der Waals surface area contributed by atoms with Crippen molar-refractivity contribution >= 4 is 22.6 Å². The van der Waals surface area contributed by atoms with Gasteiger partial charge in [0, 0.05) is 3.57 Å². The van der Waals surface area contributed by atoms with Gasteiger partial charge in [-0.1, -0.05) is 26.0 Å². The molecule has 0 spiro atoms. The zero-order valence-electron chi connectivity index (χ0n) is 7.47. The fourth-order valence-corrected chi connectivity index (χ4v) is 2.09. The van der Waals surface area contributed by atoms with Crippen LogP contribution in [-0.4, -0.2) is 0 Å². The van der Waals surface area contributed by atoms with Crippen molar-refractivity contribution in [1.82, 2.24) is 0 Å². The Balaban J connectivity index is 2.21. The minimum atomic E-state index is 0.562. The minimum absolute atomic E-state index is 0.562. The van der Waals surface area contributed by atoms with Gasteiger partial charge in [0.15, 0.2) is 0 Å². The molecule has 0 aliphatic heterocycles. The molecule has 1 aliphatic carbocycles. The summed E-state index contributed by atoms with van der Waals surface area (Å²) in [4.78, 5) is 0. The van der Waals surface area contributed by atoms with E-state index in [1.54, 1.807) is 0 Å². The van der Waals surface area contributed by atoms with Crippen molar-refractivity contribution in [2.24, 2.45) is 5.41 Å². The molecule has 1 aromatic rings. The first-order valence-corrected chi connectivity index (χ1v) is 5.43. The molecule has 64 valence electrons. The van der Waals surface area contributed by atoms with E-state index >= 15 is 0 Å². The molecule has 1 aliphatic rings. The summed E-state index contributed by atoms with van der Waals surface area (Å²) in [6, 6.07) is 8.93. The fraction of sp³-hybridized carbons (Fsp3) is 0.455. The van der Waals surface area contributed by atoms with Crippen LogP contribution in [-0.2, 0) is 0 Å². The number of halogens is 1. The van der Waals surface area contributed by atoms with Crippen molar-refractivity contribution in [2.75, 3.05) is 0 Å². The predicted molar refractivity (Wildman–Crippen MR) is 60.3 cm³/mol. The van der Waals surface area contributed by atoms with Crippen LogP contribution in [0.25, 0.3) is 0 Å². The molecule has 1 saturated carbocycles. The number of rotatable bonds is 1. The highest BCUT2D eigenvalue weighted by Crippen LogP contribution is 2.58. The Morgan fingerprint density at radius 2 is 1.75 bits per heavy atom. The normalized spacial score (nSPS) is 25.4. The Morgan fingerprint density at radius 3 is 2.17 bits per heavy atom. The highest BCUT2D eigenvalue weighted by Gasteiger charge is 2.46. The van der Waals surface area contributed by atoms with Gasteiger partial charge in [-0.25, -0.2) is 0 Å². The Morgan fingerprint density at radius 1 is 1.25 bits per heavy atom. The molecule has 0 amide bonds. The highest BCUT2D eigenvalue weighted by molar-refractivity contribution is 14.1. The van der Waals surface area contributed by atoms with E-state index < -0.39 is 0 Å². The molecule has 1 fully saturated rings. The first kappa shape index (κ1) is 8.54. The van der Waals surface area contributed by atoms with Gasteiger partial charge in [0.25, 0.3) is 0 Å². The number of benzene rings is 1. The van der Waals surface area contributed by atoms with Crippen LogP contribution in [0.3, 0.4) is 0 Å². The Kier molecular flexibility index (Phi) is 1.94. The summed E-state index contributed by atoms with van der Waals surface area (Å²) in [5, 5.41) is 0. The average Bonchev–Trinajstić information content (AvgIpc) is 2.61. The van der Waals surface area contributed by atoms with E-state index in [1.807, 2.05) is 0 Å². The average molecular weight is 272 g/mol. The summed E-state index contributed by atoms with van der Waals surface area (Å²) in [5.74, 6) is 0.814. The summed E-state index contributed by atoms with van der Waals surface area (Å²) in [6.45, 7) is 4.69. The summed E-state index contributed by atoms with van der Waals surface area (Å²) in [7, 11) is 0. The molecule has 1 unspecified atom stereocenters. The molecule has 0 radical (unpaired) electrons. The maximum absolute atomic E-state index is 2.35. The van der Waals surface area contributed by atoms with E-state index in [9.17, 15) is 0 Å². The van der Waals surface area contributed by atoms with Crippen LogP contribution in [0.4, 0.5) is 0 Å². The first-order chi connectivity index (χ1) is 5.59. The van der Waals surface area contributed by atoms with Crippen LogP contribution in [0.15, 0.2) is 24.3 Å². The standard InChI is InChI=1S/C11H13I/c1-11(2)7-10(11)8-3-5-9(12)6-4-8/h3-6,10H,7H2,1-2H3. The smallest absolute Gasteiger partial charge is 0.0130 e. The number of hydrogen-bond acceptors (Lipinski definition) is 0. The molecular weight excluding hydrogens is 259 g/mol. The third-order valence-corrected chi connectivity index (χ3v) is 3.50. The zero-order chi connectivity index (χ0) is 8.77. The lowest BCUT2D eigenvalue weighted by Crippen LogP contribution is -1.89. The van der Waals surface area contributed by atoms with Crippen LogP contribution in [0.5, 0.6) is 0 Å².